The molecule has 2 amide bonds. The number of rotatable bonds is 5. The van der Waals surface area contributed by atoms with Crippen LogP contribution in [0, 0.1) is 20.8 Å². The molecule has 7 heteroatoms. The second-order valence-corrected chi connectivity index (χ2v) is 7.70. The first-order chi connectivity index (χ1) is 13.9. The predicted octanol–water partition coefficient (Wildman–Crippen LogP) is 3.72. The highest BCUT2D eigenvalue weighted by Gasteiger charge is 2.11. The van der Waals surface area contributed by atoms with E-state index >= 15 is 0 Å². The van der Waals surface area contributed by atoms with Gasteiger partial charge in [0.1, 0.15) is 5.75 Å². The van der Waals surface area contributed by atoms with Crippen LogP contribution in [0.2, 0.25) is 0 Å². The van der Waals surface area contributed by atoms with Crippen molar-refractivity contribution >= 4 is 34.5 Å². The lowest BCUT2D eigenvalue weighted by Crippen LogP contribution is -2.42. The second-order valence-electron chi connectivity index (χ2n) is 6.70. The summed E-state index contributed by atoms with van der Waals surface area (Å²) >= 11 is 1.33. The number of carbonyl (C=O) groups excluding carboxylic acids is 2. The van der Waals surface area contributed by atoms with Crippen LogP contribution < -0.4 is 15.6 Å². The molecule has 0 radical (unpaired) electrons. The summed E-state index contributed by atoms with van der Waals surface area (Å²) < 4.78 is 5.06. The highest BCUT2D eigenvalue weighted by molar-refractivity contribution is 7.99. The van der Waals surface area contributed by atoms with E-state index in [4.69, 9.17) is 9.72 Å². The number of aromatic nitrogens is 1. The van der Waals surface area contributed by atoms with Crippen molar-refractivity contribution in [3.63, 3.8) is 0 Å². The number of ether oxygens (including phenoxy) is 1. The molecule has 0 unspecified atom stereocenters. The molecule has 2 N–H and O–H groups in total. The Labute approximate surface area is 174 Å². The number of hydrogen-bond acceptors (Lipinski definition) is 5. The van der Waals surface area contributed by atoms with Gasteiger partial charge in [0.2, 0.25) is 5.91 Å². The molecule has 0 spiro atoms. The summed E-state index contributed by atoms with van der Waals surface area (Å²) in [5.41, 5.74) is 9.68. The Morgan fingerprint density at radius 3 is 2.41 bits per heavy atom. The minimum atomic E-state index is -0.392. The van der Waals surface area contributed by atoms with Gasteiger partial charge in [-0.2, -0.15) is 0 Å². The van der Waals surface area contributed by atoms with Crippen LogP contribution in [0.15, 0.2) is 47.5 Å². The number of fused-ring (bicyclic) bond motifs is 1. The Morgan fingerprint density at radius 1 is 1.00 bits per heavy atom. The molecule has 0 aliphatic carbocycles. The molecular formula is C22H23N3O3S. The Bertz CT molecular complexity index is 1070. The summed E-state index contributed by atoms with van der Waals surface area (Å²) in [6, 6.07) is 12.8. The van der Waals surface area contributed by atoms with E-state index in [-0.39, 0.29) is 11.7 Å². The molecule has 0 bridgehead atoms. The average Bonchev–Trinajstić information content (AvgIpc) is 2.73. The van der Waals surface area contributed by atoms with Crippen molar-refractivity contribution in [2.75, 3.05) is 12.9 Å². The van der Waals surface area contributed by atoms with Gasteiger partial charge < -0.3 is 4.74 Å². The lowest BCUT2D eigenvalue weighted by molar-refractivity contribution is -0.119. The van der Waals surface area contributed by atoms with Gasteiger partial charge in [-0.1, -0.05) is 23.9 Å². The number of pyridine rings is 1. The van der Waals surface area contributed by atoms with Gasteiger partial charge in [-0.25, -0.2) is 4.98 Å². The lowest BCUT2D eigenvalue weighted by atomic mass is 10.0. The van der Waals surface area contributed by atoms with Gasteiger partial charge in [-0.3, -0.25) is 20.4 Å². The number of hydrogen-bond donors (Lipinski definition) is 2. The number of nitrogens with one attached hydrogen (secondary N) is 2. The highest BCUT2D eigenvalue weighted by Crippen LogP contribution is 2.27. The largest absolute Gasteiger partial charge is 0.497 e. The minimum Gasteiger partial charge on any atom is -0.497 e. The third-order valence-corrected chi connectivity index (χ3v) is 5.62. The summed E-state index contributed by atoms with van der Waals surface area (Å²) in [6.07, 6.45) is 0. The molecule has 0 fully saturated rings. The summed E-state index contributed by atoms with van der Waals surface area (Å²) in [7, 11) is 1.56. The molecule has 3 aromatic rings. The molecule has 0 saturated heterocycles. The quantitative estimate of drug-likeness (QED) is 0.496. The molecule has 150 valence electrons. The summed E-state index contributed by atoms with van der Waals surface area (Å²) in [4.78, 5) is 28.9. The number of aryl methyl sites for hydroxylation is 3. The summed E-state index contributed by atoms with van der Waals surface area (Å²) in [6.45, 7) is 6.16. The fourth-order valence-corrected chi connectivity index (χ4v) is 3.63. The van der Waals surface area contributed by atoms with Crippen LogP contribution in [-0.4, -0.2) is 29.7 Å². The molecule has 0 aliphatic heterocycles. The van der Waals surface area contributed by atoms with Gasteiger partial charge in [-0.15, -0.1) is 0 Å². The maximum absolute atomic E-state index is 12.1. The zero-order chi connectivity index (χ0) is 21.0. The minimum absolute atomic E-state index is 0.145. The molecule has 2 aromatic carbocycles. The molecule has 0 atom stereocenters. The lowest BCUT2D eigenvalue weighted by Gasteiger charge is -2.11. The number of hydrazine groups is 1. The van der Waals surface area contributed by atoms with Gasteiger partial charge >= 0.3 is 0 Å². The monoisotopic (exact) mass is 409 g/mol. The van der Waals surface area contributed by atoms with Crippen molar-refractivity contribution in [1.29, 1.82) is 0 Å². The number of nitrogens with zero attached hydrogens (tertiary/aromatic N) is 1. The number of methoxy groups -OCH3 is 1. The normalized spacial score (nSPS) is 10.6. The van der Waals surface area contributed by atoms with Crippen molar-refractivity contribution in [1.82, 2.24) is 15.8 Å². The van der Waals surface area contributed by atoms with Crippen molar-refractivity contribution in [2.24, 2.45) is 0 Å². The smallest absolute Gasteiger partial charge is 0.269 e. The van der Waals surface area contributed by atoms with E-state index in [1.54, 1.807) is 31.4 Å². The Kier molecular flexibility index (Phi) is 6.39. The van der Waals surface area contributed by atoms with Gasteiger partial charge in [0.25, 0.3) is 5.91 Å². The first kappa shape index (κ1) is 20.7. The van der Waals surface area contributed by atoms with Crippen molar-refractivity contribution in [2.45, 2.75) is 25.8 Å². The van der Waals surface area contributed by atoms with Gasteiger partial charge in [0, 0.05) is 10.9 Å². The third-order valence-electron chi connectivity index (χ3n) is 4.71. The highest BCUT2D eigenvalue weighted by atomic mass is 32.2. The van der Waals surface area contributed by atoms with Crippen molar-refractivity contribution in [3.05, 3.63) is 64.7 Å². The topological polar surface area (TPSA) is 80.3 Å². The fraction of sp³-hybridized carbons (Fsp3) is 0.227. The molecule has 0 aliphatic rings. The van der Waals surface area contributed by atoms with Crippen LogP contribution in [0.25, 0.3) is 10.9 Å². The maximum Gasteiger partial charge on any atom is 0.269 e. The van der Waals surface area contributed by atoms with Crippen LogP contribution in [-0.2, 0) is 4.79 Å². The number of benzene rings is 2. The zero-order valence-electron chi connectivity index (χ0n) is 16.8. The van der Waals surface area contributed by atoms with Crippen LogP contribution >= 0.6 is 11.8 Å². The number of thioether (sulfide) groups is 1. The van der Waals surface area contributed by atoms with E-state index in [1.807, 2.05) is 13.0 Å². The molecule has 1 heterocycles. The fourth-order valence-electron chi connectivity index (χ4n) is 2.86. The van der Waals surface area contributed by atoms with Gasteiger partial charge in [0.15, 0.2) is 0 Å². The van der Waals surface area contributed by atoms with Crippen LogP contribution in [0.4, 0.5) is 0 Å². The Hall–Kier alpha value is -3.06. The molecule has 29 heavy (non-hydrogen) atoms. The maximum atomic E-state index is 12.1. The molecule has 6 nitrogen and oxygen atoms in total. The first-order valence-electron chi connectivity index (χ1n) is 9.12. The van der Waals surface area contributed by atoms with E-state index < -0.39 is 5.91 Å². The predicted molar refractivity (Wildman–Crippen MR) is 115 cm³/mol. The van der Waals surface area contributed by atoms with Crippen LogP contribution in [0.3, 0.4) is 0 Å². The summed E-state index contributed by atoms with van der Waals surface area (Å²) in [5, 5.41) is 1.90. The van der Waals surface area contributed by atoms with Crippen LogP contribution in [0.1, 0.15) is 27.0 Å². The van der Waals surface area contributed by atoms with Gasteiger partial charge in [0.05, 0.1) is 23.4 Å². The van der Waals surface area contributed by atoms with E-state index in [0.717, 1.165) is 27.1 Å². The Morgan fingerprint density at radius 2 is 1.72 bits per heavy atom. The molecule has 3 rings (SSSR count). The van der Waals surface area contributed by atoms with Crippen molar-refractivity contribution < 1.29 is 14.3 Å². The zero-order valence-corrected chi connectivity index (χ0v) is 17.6. The molecule has 1 aromatic heterocycles. The number of carbonyl (C=O) groups is 2. The van der Waals surface area contributed by atoms with E-state index in [1.165, 1.54) is 17.3 Å². The Balaban J connectivity index is 1.59. The first-order valence-corrected chi connectivity index (χ1v) is 10.1. The van der Waals surface area contributed by atoms with E-state index in [9.17, 15) is 9.59 Å². The summed E-state index contributed by atoms with van der Waals surface area (Å²) in [5.74, 6) is 0.103. The van der Waals surface area contributed by atoms with Crippen molar-refractivity contribution in [3.8, 4) is 5.75 Å². The molecular weight excluding hydrogens is 386 g/mol. The SMILES string of the molecule is COc1ccc(C(=O)NNC(=O)CSc2cc(C)c3ccc(C)c(C)c3n2)cc1. The second kappa shape index (κ2) is 8.96. The molecule has 0 saturated carbocycles. The average molecular weight is 410 g/mol. The van der Waals surface area contributed by atoms with Crippen LogP contribution in [0.5, 0.6) is 5.75 Å². The van der Waals surface area contributed by atoms with E-state index in [0.29, 0.717) is 11.3 Å². The van der Waals surface area contributed by atoms with E-state index in [2.05, 4.69) is 36.8 Å². The number of amides is 2. The third kappa shape index (κ3) is 4.86. The standard InChI is InChI=1S/C22H23N3O3S/c1-13-5-10-18-14(2)11-20(23-21(18)15(13)3)29-12-19(26)24-25-22(27)16-6-8-17(28-4)9-7-16/h5-11H,12H2,1-4H3,(H,24,26)(H,25,27). The van der Waals surface area contributed by atoms with Gasteiger partial charge in [-0.05, 0) is 67.8 Å².